The molecule has 1 saturated heterocycles. The molecule has 10 heteroatoms. The lowest BCUT2D eigenvalue weighted by Crippen LogP contribution is -2.38. The van der Waals surface area contributed by atoms with Crippen LogP contribution in [0.3, 0.4) is 0 Å². The second kappa shape index (κ2) is 11.2. The number of nitrogens with zero attached hydrogens (tertiary/aromatic N) is 2. The standard InChI is InChI=1S/C24H31N3O6S/c1-32-21-13-12-18(16-22(21)33-2)27(34(3,30)31)17-23(28)25-20-11-7-6-10-19(20)24(29)26-14-8-4-5-9-15-26/h6-7,10-13,16H,4-5,8-9,14-15,17H2,1-3H3,(H,25,28). The molecule has 1 aliphatic rings. The molecule has 0 unspecified atom stereocenters. The number of hydrogen-bond acceptors (Lipinski definition) is 6. The molecule has 0 bridgehead atoms. The third-order valence-electron chi connectivity index (χ3n) is 5.67. The van der Waals surface area contributed by atoms with Crippen molar-refractivity contribution in [1.82, 2.24) is 4.90 Å². The number of ether oxygens (including phenoxy) is 2. The van der Waals surface area contributed by atoms with Crippen LogP contribution in [0, 0.1) is 0 Å². The van der Waals surface area contributed by atoms with Crippen molar-refractivity contribution in [2.24, 2.45) is 0 Å². The Hall–Kier alpha value is -3.27. The average molecular weight is 490 g/mol. The monoisotopic (exact) mass is 489 g/mol. The Morgan fingerprint density at radius 2 is 1.62 bits per heavy atom. The molecule has 184 valence electrons. The first-order chi connectivity index (χ1) is 16.2. The number of hydrogen-bond donors (Lipinski definition) is 1. The van der Waals surface area contributed by atoms with Gasteiger partial charge in [-0.15, -0.1) is 0 Å². The summed E-state index contributed by atoms with van der Waals surface area (Å²) >= 11 is 0. The van der Waals surface area contributed by atoms with Gasteiger partial charge in [-0.1, -0.05) is 25.0 Å². The van der Waals surface area contributed by atoms with Crippen LogP contribution < -0.4 is 19.1 Å². The third-order valence-corrected chi connectivity index (χ3v) is 6.81. The van der Waals surface area contributed by atoms with Crippen molar-refractivity contribution >= 4 is 33.2 Å². The van der Waals surface area contributed by atoms with E-state index in [2.05, 4.69) is 5.32 Å². The molecule has 2 amide bonds. The van der Waals surface area contributed by atoms with E-state index in [0.29, 0.717) is 35.8 Å². The molecule has 0 atom stereocenters. The fourth-order valence-electron chi connectivity index (χ4n) is 3.92. The van der Waals surface area contributed by atoms with Crippen molar-refractivity contribution < 1.29 is 27.5 Å². The minimum atomic E-state index is -3.80. The van der Waals surface area contributed by atoms with Gasteiger partial charge in [0.15, 0.2) is 11.5 Å². The number of methoxy groups -OCH3 is 2. The van der Waals surface area contributed by atoms with Gasteiger partial charge in [0, 0.05) is 19.2 Å². The number of amides is 2. The zero-order valence-corrected chi connectivity index (χ0v) is 20.6. The van der Waals surface area contributed by atoms with Gasteiger partial charge in [-0.2, -0.15) is 0 Å². The summed E-state index contributed by atoms with van der Waals surface area (Å²) in [5, 5.41) is 2.72. The molecule has 0 saturated carbocycles. The molecule has 9 nitrogen and oxygen atoms in total. The fourth-order valence-corrected chi connectivity index (χ4v) is 4.77. The van der Waals surface area contributed by atoms with Crippen LogP contribution in [-0.4, -0.2) is 65.2 Å². The molecular formula is C24H31N3O6S. The first-order valence-corrected chi connectivity index (χ1v) is 13.0. The Balaban J connectivity index is 1.82. The number of carbonyl (C=O) groups excluding carboxylic acids is 2. The maximum atomic E-state index is 13.1. The molecule has 0 spiro atoms. The molecule has 2 aromatic carbocycles. The molecule has 0 aromatic heterocycles. The summed E-state index contributed by atoms with van der Waals surface area (Å²) in [4.78, 5) is 27.9. The lowest BCUT2D eigenvalue weighted by Gasteiger charge is -2.24. The maximum Gasteiger partial charge on any atom is 0.255 e. The number of para-hydroxylation sites is 1. The van der Waals surface area contributed by atoms with E-state index in [0.717, 1.165) is 36.2 Å². The van der Waals surface area contributed by atoms with E-state index in [1.807, 2.05) is 4.90 Å². The Kier molecular flexibility index (Phi) is 8.38. The molecule has 2 aromatic rings. The number of nitrogens with one attached hydrogen (secondary N) is 1. The second-order valence-corrected chi connectivity index (χ2v) is 10.0. The largest absolute Gasteiger partial charge is 0.493 e. The average Bonchev–Trinajstić information content (AvgIpc) is 3.11. The van der Waals surface area contributed by atoms with Crippen LogP contribution in [0.1, 0.15) is 36.0 Å². The number of carbonyl (C=O) groups is 2. The maximum absolute atomic E-state index is 13.1. The highest BCUT2D eigenvalue weighted by Crippen LogP contribution is 2.32. The van der Waals surface area contributed by atoms with E-state index in [-0.39, 0.29) is 11.6 Å². The van der Waals surface area contributed by atoms with Crippen LogP contribution in [0.4, 0.5) is 11.4 Å². The van der Waals surface area contributed by atoms with Crippen molar-refractivity contribution in [2.45, 2.75) is 25.7 Å². The predicted molar refractivity (Wildman–Crippen MR) is 131 cm³/mol. The van der Waals surface area contributed by atoms with Gasteiger partial charge in [-0.05, 0) is 37.1 Å². The molecule has 1 fully saturated rings. The summed E-state index contributed by atoms with van der Waals surface area (Å²) in [7, 11) is -0.879. The Morgan fingerprint density at radius 3 is 2.24 bits per heavy atom. The highest BCUT2D eigenvalue weighted by Gasteiger charge is 2.24. The van der Waals surface area contributed by atoms with Crippen molar-refractivity contribution in [3.8, 4) is 11.5 Å². The van der Waals surface area contributed by atoms with E-state index in [9.17, 15) is 18.0 Å². The van der Waals surface area contributed by atoms with E-state index in [4.69, 9.17) is 9.47 Å². The molecule has 34 heavy (non-hydrogen) atoms. The summed E-state index contributed by atoms with van der Waals surface area (Å²) in [6.45, 7) is 0.894. The highest BCUT2D eigenvalue weighted by atomic mass is 32.2. The van der Waals surface area contributed by atoms with Crippen LogP contribution in [0.15, 0.2) is 42.5 Å². The van der Waals surface area contributed by atoms with Gasteiger partial charge in [-0.25, -0.2) is 8.42 Å². The van der Waals surface area contributed by atoms with Crippen LogP contribution in [0.2, 0.25) is 0 Å². The van der Waals surface area contributed by atoms with Crippen molar-refractivity contribution in [3.05, 3.63) is 48.0 Å². The highest BCUT2D eigenvalue weighted by molar-refractivity contribution is 7.92. The SMILES string of the molecule is COc1ccc(N(CC(=O)Nc2ccccc2C(=O)N2CCCCCC2)S(C)(=O)=O)cc1OC. The fraction of sp³-hybridized carbons (Fsp3) is 0.417. The van der Waals surface area contributed by atoms with Crippen LogP contribution in [-0.2, 0) is 14.8 Å². The lowest BCUT2D eigenvalue weighted by molar-refractivity contribution is -0.114. The van der Waals surface area contributed by atoms with Gasteiger partial charge in [0.05, 0.1) is 37.4 Å². The molecule has 0 aliphatic carbocycles. The topological polar surface area (TPSA) is 105 Å². The van der Waals surface area contributed by atoms with Crippen molar-refractivity contribution in [2.75, 3.05) is 49.7 Å². The van der Waals surface area contributed by atoms with Gasteiger partial charge in [-0.3, -0.25) is 13.9 Å². The Bertz CT molecular complexity index is 1130. The van der Waals surface area contributed by atoms with Crippen LogP contribution >= 0.6 is 0 Å². The number of rotatable bonds is 8. The van der Waals surface area contributed by atoms with Crippen LogP contribution in [0.25, 0.3) is 0 Å². The third kappa shape index (κ3) is 6.19. The number of benzene rings is 2. The van der Waals surface area contributed by atoms with E-state index in [1.165, 1.54) is 26.4 Å². The predicted octanol–water partition coefficient (Wildman–Crippen LogP) is 3.12. The van der Waals surface area contributed by atoms with E-state index in [1.54, 1.807) is 30.3 Å². The smallest absolute Gasteiger partial charge is 0.255 e. The molecular weight excluding hydrogens is 458 g/mol. The van der Waals surface area contributed by atoms with Crippen LogP contribution in [0.5, 0.6) is 11.5 Å². The van der Waals surface area contributed by atoms with E-state index >= 15 is 0 Å². The summed E-state index contributed by atoms with van der Waals surface area (Å²) in [5.41, 5.74) is 0.988. The normalized spacial score (nSPS) is 14.1. The van der Waals surface area contributed by atoms with Gasteiger partial charge >= 0.3 is 0 Å². The van der Waals surface area contributed by atoms with Gasteiger partial charge in [0.1, 0.15) is 6.54 Å². The molecule has 1 N–H and O–H groups in total. The molecule has 3 rings (SSSR count). The first kappa shape index (κ1) is 25.4. The Labute approximate surface area is 200 Å². The summed E-state index contributed by atoms with van der Waals surface area (Å²) in [5.74, 6) is 0.0570. The van der Waals surface area contributed by atoms with E-state index < -0.39 is 22.5 Å². The summed E-state index contributed by atoms with van der Waals surface area (Å²) < 4.78 is 36.4. The van der Waals surface area contributed by atoms with Gasteiger partial charge in [0.25, 0.3) is 5.91 Å². The Morgan fingerprint density at radius 1 is 0.971 bits per heavy atom. The number of likely N-dealkylation sites (tertiary alicyclic amines) is 1. The molecule has 1 heterocycles. The number of anilines is 2. The van der Waals surface area contributed by atoms with Crippen molar-refractivity contribution in [3.63, 3.8) is 0 Å². The molecule has 0 radical (unpaired) electrons. The summed E-state index contributed by atoms with van der Waals surface area (Å²) in [6.07, 6.45) is 5.12. The lowest BCUT2D eigenvalue weighted by atomic mass is 10.1. The number of sulfonamides is 1. The van der Waals surface area contributed by atoms with Gasteiger partial charge in [0.2, 0.25) is 15.9 Å². The minimum absolute atomic E-state index is 0.141. The minimum Gasteiger partial charge on any atom is -0.493 e. The second-order valence-electron chi connectivity index (χ2n) is 8.11. The van der Waals surface area contributed by atoms with Crippen molar-refractivity contribution in [1.29, 1.82) is 0 Å². The zero-order valence-electron chi connectivity index (χ0n) is 19.7. The first-order valence-electron chi connectivity index (χ1n) is 11.1. The molecule has 1 aliphatic heterocycles. The zero-order chi connectivity index (χ0) is 24.7. The quantitative estimate of drug-likeness (QED) is 0.611. The summed E-state index contributed by atoms with van der Waals surface area (Å²) in [6, 6.07) is 11.4. The van der Waals surface area contributed by atoms with Gasteiger partial charge < -0.3 is 19.7 Å².